The van der Waals surface area contributed by atoms with Gasteiger partial charge in [-0.25, -0.2) is 17.9 Å². The van der Waals surface area contributed by atoms with E-state index in [2.05, 4.69) is 31.4 Å². The first-order chi connectivity index (χ1) is 24.7. The number of rotatable bonds is 11. The number of likely N-dealkylation sites (tertiary alicyclic amines) is 1. The topological polar surface area (TPSA) is 107 Å². The van der Waals surface area contributed by atoms with Gasteiger partial charge in [-0.2, -0.15) is 32.1 Å². The number of amides is 2. The zero-order chi connectivity index (χ0) is 38.8. The minimum absolute atomic E-state index is 0.0356. The first-order valence-electron chi connectivity index (χ1n) is 16.2. The van der Waals surface area contributed by atoms with Crippen LogP contribution >= 0.6 is 15.9 Å². The summed E-state index contributed by atoms with van der Waals surface area (Å²) < 4.78 is 113. The van der Waals surface area contributed by atoms with Crippen molar-refractivity contribution in [2.75, 3.05) is 6.54 Å². The van der Waals surface area contributed by atoms with Crippen molar-refractivity contribution in [2.45, 2.75) is 76.3 Å². The highest BCUT2D eigenvalue weighted by Gasteiger charge is 2.65. The van der Waals surface area contributed by atoms with Crippen molar-refractivity contribution in [3.05, 3.63) is 92.0 Å². The van der Waals surface area contributed by atoms with Crippen LogP contribution in [0, 0.1) is 11.2 Å². The lowest BCUT2D eigenvalue weighted by atomic mass is 9.94. The zero-order valence-corrected chi connectivity index (χ0v) is 29.9. The Labute approximate surface area is 304 Å². The van der Waals surface area contributed by atoms with E-state index in [-0.39, 0.29) is 48.2 Å². The van der Waals surface area contributed by atoms with E-state index in [1.54, 1.807) is 6.07 Å². The Morgan fingerprint density at radius 2 is 1.81 bits per heavy atom. The molecule has 10 nitrogen and oxygen atoms in total. The van der Waals surface area contributed by atoms with Crippen LogP contribution in [-0.4, -0.2) is 59.0 Å². The van der Waals surface area contributed by atoms with Gasteiger partial charge in [-0.05, 0) is 68.0 Å². The van der Waals surface area contributed by atoms with Crippen LogP contribution < -0.4 is 10.9 Å². The average molecular weight is 819 g/mol. The highest BCUT2D eigenvalue weighted by molar-refractivity contribution is 9.10. The molecule has 1 saturated carbocycles. The van der Waals surface area contributed by atoms with Crippen molar-refractivity contribution in [1.29, 1.82) is 0 Å². The summed E-state index contributed by atoms with van der Waals surface area (Å²) in [6.45, 7) is -0.418. The van der Waals surface area contributed by atoms with Gasteiger partial charge in [0.25, 0.3) is 12.0 Å². The van der Waals surface area contributed by atoms with Gasteiger partial charge >= 0.3 is 12.7 Å². The Bertz CT molecular complexity index is 2100. The van der Waals surface area contributed by atoms with Crippen LogP contribution in [-0.2, 0) is 35.8 Å². The molecule has 19 heteroatoms. The highest BCUT2D eigenvalue weighted by atomic mass is 79.9. The molecule has 0 bridgehead atoms. The summed E-state index contributed by atoms with van der Waals surface area (Å²) in [6, 6.07) is 4.55. The Morgan fingerprint density at radius 1 is 1.09 bits per heavy atom. The fourth-order valence-electron chi connectivity index (χ4n) is 7.10. The van der Waals surface area contributed by atoms with Crippen LogP contribution in [0.3, 0.4) is 0 Å². The van der Waals surface area contributed by atoms with Crippen LogP contribution in [0.2, 0.25) is 0 Å². The molecule has 2 unspecified atom stereocenters. The Kier molecular flexibility index (Phi) is 9.87. The first kappa shape index (κ1) is 38.2. The minimum Gasteiger partial charge on any atom is -0.348 e. The average Bonchev–Trinajstić information content (AvgIpc) is 3.32. The summed E-state index contributed by atoms with van der Waals surface area (Å²) in [5.41, 5.74) is -4.84. The van der Waals surface area contributed by atoms with E-state index in [0.717, 1.165) is 33.9 Å². The van der Waals surface area contributed by atoms with E-state index >= 15 is 0 Å². The predicted molar refractivity (Wildman–Crippen MR) is 176 cm³/mol. The van der Waals surface area contributed by atoms with Crippen molar-refractivity contribution in [3.63, 3.8) is 0 Å². The third-order valence-corrected chi connectivity index (χ3v) is 10.2. The quantitative estimate of drug-likeness (QED) is 0.172. The number of hydrogen-bond donors (Lipinski definition) is 1. The number of nitrogens with zero attached hydrogens (tertiary/aromatic N) is 6. The molecule has 1 spiro atoms. The van der Waals surface area contributed by atoms with Gasteiger partial charge in [0.2, 0.25) is 11.8 Å². The Morgan fingerprint density at radius 3 is 2.43 bits per heavy atom. The first-order valence-corrected chi connectivity index (χ1v) is 17.0. The van der Waals surface area contributed by atoms with Crippen LogP contribution in [0.1, 0.15) is 68.0 Å². The minimum atomic E-state index is -4.90. The largest absolute Gasteiger partial charge is 0.435 e. The van der Waals surface area contributed by atoms with Gasteiger partial charge in [-0.3, -0.25) is 19.1 Å². The van der Waals surface area contributed by atoms with Crippen molar-refractivity contribution < 1.29 is 44.7 Å². The van der Waals surface area contributed by atoms with Crippen LogP contribution in [0.5, 0.6) is 0 Å². The summed E-state index contributed by atoms with van der Waals surface area (Å²) in [6.07, 6.45) is -4.23. The number of aromatic nitrogens is 5. The smallest absolute Gasteiger partial charge is 0.348 e. The van der Waals surface area contributed by atoms with Gasteiger partial charge in [0.15, 0.2) is 11.5 Å². The maximum Gasteiger partial charge on any atom is 0.435 e. The van der Waals surface area contributed by atoms with Gasteiger partial charge in [0.05, 0.1) is 29.4 Å². The number of carbonyl (C=O) groups is 2. The number of benzene rings is 1. The van der Waals surface area contributed by atoms with Gasteiger partial charge in [0.1, 0.15) is 6.04 Å². The van der Waals surface area contributed by atoms with E-state index < -0.39 is 77.5 Å². The molecule has 284 valence electrons. The van der Waals surface area contributed by atoms with Gasteiger partial charge in [0, 0.05) is 48.0 Å². The lowest BCUT2D eigenvalue weighted by Gasteiger charge is -2.33. The lowest BCUT2D eigenvalue weighted by Crippen LogP contribution is -2.56. The van der Waals surface area contributed by atoms with Crippen LogP contribution in [0.4, 0.5) is 35.1 Å². The zero-order valence-electron chi connectivity index (χ0n) is 28.3. The summed E-state index contributed by atoms with van der Waals surface area (Å²) in [4.78, 5) is 41.5. The number of hydrogen-bond acceptors (Lipinski definition) is 5. The fourth-order valence-corrected chi connectivity index (χ4v) is 7.48. The third-order valence-electron chi connectivity index (χ3n) is 9.70. The second-order valence-corrected chi connectivity index (χ2v) is 14.9. The molecular weight excluding hydrogens is 786 g/mol. The number of aryl methyl sites for hydroxylation is 1. The molecule has 53 heavy (non-hydrogen) atoms. The standard InChI is InChI=1S/C34H32BrF8N7O3/c1-32(2,16-50-24(11-26(46-50)34(41,42)43)18-9-23(36)29(52)47(3)15-18)45-28(51)25(8-17-13-44-49(14-17)31(39)40)48-7-6-33(30(48)53)12-22(33)20-5-4-19(35)10-21(20)27(37)38/h4-5,9-11,13-15,22,25,27,31H,6-8,12,16H2,1-3H3,(H,45,51)/t22?,25-,33?/m1/s1. The molecule has 6 rings (SSSR count). The van der Waals surface area contributed by atoms with Gasteiger partial charge in [-0.1, -0.05) is 22.0 Å². The Hall–Kier alpha value is -4.55. The van der Waals surface area contributed by atoms with E-state index in [1.807, 2.05) is 0 Å². The predicted octanol–water partition coefficient (Wildman–Crippen LogP) is 6.61. The summed E-state index contributed by atoms with van der Waals surface area (Å²) in [5, 5.41) is 10.0. The molecule has 2 aliphatic rings. The maximum atomic E-state index is 14.4. The second-order valence-electron chi connectivity index (χ2n) is 14.0. The van der Waals surface area contributed by atoms with Gasteiger partial charge in [-0.15, -0.1) is 0 Å². The van der Waals surface area contributed by atoms with Crippen molar-refractivity contribution in [3.8, 4) is 11.3 Å². The molecule has 1 aliphatic heterocycles. The highest BCUT2D eigenvalue weighted by Crippen LogP contribution is 2.66. The molecule has 3 aromatic heterocycles. The molecule has 2 amide bonds. The molecule has 4 heterocycles. The van der Waals surface area contributed by atoms with Crippen molar-refractivity contribution in [2.24, 2.45) is 12.5 Å². The summed E-state index contributed by atoms with van der Waals surface area (Å²) in [7, 11) is 1.22. The third kappa shape index (κ3) is 7.48. The SMILES string of the molecule is Cn1cc(-c2cc(C(F)(F)F)nn2CC(C)(C)NC(=O)[C@@H](Cc2cnn(C(F)F)c2)N2CCC3(CC3c3ccc(Br)cc3C(F)F)C2=O)cc(F)c1=O. The second kappa shape index (κ2) is 13.7. The molecule has 1 aliphatic carbocycles. The molecule has 1 N–H and O–H groups in total. The van der Waals surface area contributed by atoms with Crippen LogP contribution in [0.15, 0.2) is 58.2 Å². The van der Waals surface area contributed by atoms with E-state index in [1.165, 1.54) is 37.9 Å². The van der Waals surface area contributed by atoms with Crippen LogP contribution in [0.25, 0.3) is 11.3 Å². The fraction of sp³-hybridized carbons (Fsp3) is 0.441. The monoisotopic (exact) mass is 817 g/mol. The number of alkyl halides is 7. The number of nitrogens with one attached hydrogen (secondary N) is 1. The van der Waals surface area contributed by atoms with E-state index in [0.29, 0.717) is 20.8 Å². The molecular formula is C34H32BrF8N7O3. The van der Waals surface area contributed by atoms with Crippen molar-refractivity contribution in [1.82, 2.24) is 34.3 Å². The molecule has 2 fully saturated rings. The molecule has 3 atom stereocenters. The number of pyridine rings is 1. The maximum absolute atomic E-state index is 14.4. The molecule has 4 aromatic rings. The number of halogens is 9. The van der Waals surface area contributed by atoms with E-state index in [4.69, 9.17) is 0 Å². The molecule has 1 aromatic carbocycles. The summed E-state index contributed by atoms with van der Waals surface area (Å²) in [5.74, 6) is -3.03. The molecule has 0 radical (unpaired) electrons. The van der Waals surface area contributed by atoms with E-state index in [9.17, 15) is 49.5 Å². The summed E-state index contributed by atoms with van der Waals surface area (Å²) >= 11 is 3.20. The lowest BCUT2D eigenvalue weighted by molar-refractivity contribution is -0.141. The number of carbonyl (C=O) groups excluding carboxylic acids is 2. The Balaban J connectivity index is 1.29. The normalized spacial score (nSPS) is 19.5. The molecule has 1 saturated heterocycles. The van der Waals surface area contributed by atoms with Gasteiger partial charge < -0.3 is 14.8 Å². The van der Waals surface area contributed by atoms with Crippen molar-refractivity contribution >= 4 is 27.7 Å².